The molecule has 0 aliphatic heterocycles. The van der Waals surface area contributed by atoms with Crippen LogP contribution in [0.15, 0.2) is 35.1 Å². The third-order valence-corrected chi connectivity index (χ3v) is 3.31. The van der Waals surface area contributed by atoms with Gasteiger partial charge in [0.15, 0.2) is 0 Å². The van der Waals surface area contributed by atoms with Crippen molar-refractivity contribution in [2.75, 3.05) is 6.54 Å². The topological polar surface area (TPSA) is 38.1 Å². The summed E-state index contributed by atoms with van der Waals surface area (Å²) in [4.78, 5) is 4.50. The predicted octanol–water partition coefficient (Wildman–Crippen LogP) is 3.44. The fourth-order valence-corrected chi connectivity index (χ4v) is 2.32. The van der Waals surface area contributed by atoms with E-state index in [1.54, 1.807) is 6.26 Å². The van der Waals surface area contributed by atoms with Crippen LogP contribution in [-0.2, 0) is 12.8 Å². The van der Waals surface area contributed by atoms with Crippen LogP contribution in [0.25, 0.3) is 0 Å². The van der Waals surface area contributed by atoms with Crippen LogP contribution < -0.4 is 5.32 Å². The van der Waals surface area contributed by atoms with Gasteiger partial charge in [0.25, 0.3) is 0 Å². The first-order valence-electron chi connectivity index (χ1n) is 6.95. The Morgan fingerprint density at radius 2 is 2.11 bits per heavy atom. The summed E-state index contributed by atoms with van der Waals surface area (Å²) in [5, 5.41) is 3.52. The molecule has 3 nitrogen and oxygen atoms in total. The van der Waals surface area contributed by atoms with Crippen molar-refractivity contribution < 1.29 is 4.42 Å². The second kappa shape index (κ2) is 6.53. The van der Waals surface area contributed by atoms with Crippen LogP contribution in [-0.4, -0.2) is 11.5 Å². The third-order valence-electron chi connectivity index (χ3n) is 3.31. The smallest absolute Gasteiger partial charge is 0.108 e. The molecule has 0 radical (unpaired) electrons. The molecule has 2 aromatic rings. The lowest BCUT2D eigenvalue weighted by atomic mass is 10.0. The Hall–Kier alpha value is -1.61. The zero-order chi connectivity index (χ0) is 13.7. The molecule has 1 unspecified atom stereocenters. The minimum absolute atomic E-state index is 0.272. The summed E-state index contributed by atoms with van der Waals surface area (Å²) in [6.07, 6.45) is 5.52. The van der Waals surface area contributed by atoms with Crippen LogP contribution in [0.4, 0.5) is 0 Å². The molecule has 0 fully saturated rings. The summed E-state index contributed by atoms with van der Waals surface area (Å²) in [5.74, 6) is 1.07. The van der Waals surface area contributed by atoms with Gasteiger partial charge in [-0.3, -0.25) is 4.98 Å². The lowest BCUT2D eigenvalue weighted by Crippen LogP contribution is -2.23. The number of aryl methyl sites for hydroxylation is 2. The van der Waals surface area contributed by atoms with Gasteiger partial charge < -0.3 is 9.73 Å². The molecule has 0 spiro atoms. The lowest BCUT2D eigenvalue weighted by molar-refractivity contribution is 0.485. The lowest BCUT2D eigenvalue weighted by Gasteiger charge is -2.17. The van der Waals surface area contributed by atoms with E-state index >= 15 is 0 Å². The highest BCUT2D eigenvalue weighted by Crippen LogP contribution is 2.23. The van der Waals surface area contributed by atoms with E-state index in [2.05, 4.69) is 49.3 Å². The molecule has 1 N–H and O–H groups in total. The largest absolute Gasteiger partial charge is 0.469 e. The van der Waals surface area contributed by atoms with Crippen LogP contribution in [0.5, 0.6) is 0 Å². The van der Waals surface area contributed by atoms with Crippen molar-refractivity contribution in [1.82, 2.24) is 10.3 Å². The number of pyridine rings is 1. The fraction of sp³-hybridized carbons (Fsp3) is 0.438. The second-order valence-corrected chi connectivity index (χ2v) is 4.79. The van der Waals surface area contributed by atoms with Crippen LogP contribution in [0.3, 0.4) is 0 Å². The van der Waals surface area contributed by atoms with Crippen molar-refractivity contribution >= 4 is 0 Å². The van der Waals surface area contributed by atoms with Crippen molar-refractivity contribution in [3.63, 3.8) is 0 Å². The number of rotatable bonds is 6. The van der Waals surface area contributed by atoms with Gasteiger partial charge in [-0.15, -0.1) is 0 Å². The number of aromatic nitrogens is 1. The summed E-state index contributed by atoms with van der Waals surface area (Å²) >= 11 is 0. The first-order chi connectivity index (χ1) is 9.24. The van der Waals surface area contributed by atoms with Crippen molar-refractivity contribution in [2.45, 2.75) is 39.7 Å². The monoisotopic (exact) mass is 258 g/mol. The number of furan rings is 1. The Morgan fingerprint density at radius 1 is 1.26 bits per heavy atom. The average molecular weight is 258 g/mol. The highest BCUT2D eigenvalue weighted by atomic mass is 16.3. The molecule has 0 saturated heterocycles. The molecule has 2 heterocycles. The number of likely N-dealkylation sites (N-methyl/N-ethyl adjacent to an activating group) is 1. The zero-order valence-corrected chi connectivity index (χ0v) is 11.9. The summed E-state index contributed by atoms with van der Waals surface area (Å²) in [6.45, 7) is 7.24. The molecule has 0 amide bonds. The molecule has 102 valence electrons. The first-order valence-corrected chi connectivity index (χ1v) is 6.95. The van der Waals surface area contributed by atoms with Gasteiger partial charge in [-0.2, -0.15) is 0 Å². The van der Waals surface area contributed by atoms with Crippen molar-refractivity contribution in [3.05, 3.63) is 53.2 Å². The minimum Gasteiger partial charge on any atom is -0.469 e. The molecule has 0 saturated carbocycles. The van der Waals surface area contributed by atoms with Gasteiger partial charge in [-0.05, 0) is 31.2 Å². The molecule has 0 bridgehead atoms. The van der Waals surface area contributed by atoms with E-state index in [-0.39, 0.29) is 6.04 Å². The van der Waals surface area contributed by atoms with Gasteiger partial charge >= 0.3 is 0 Å². The van der Waals surface area contributed by atoms with Crippen molar-refractivity contribution in [1.29, 1.82) is 0 Å². The molecule has 0 aliphatic rings. The number of nitrogens with one attached hydrogen (secondary N) is 1. The van der Waals surface area contributed by atoms with Gasteiger partial charge in [0, 0.05) is 36.3 Å². The maximum atomic E-state index is 5.54. The van der Waals surface area contributed by atoms with Crippen LogP contribution in [0, 0.1) is 6.92 Å². The van der Waals surface area contributed by atoms with Crippen LogP contribution in [0.1, 0.15) is 42.5 Å². The Kier molecular flexibility index (Phi) is 4.74. The minimum atomic E-state index is 0.272. The molecule has 2 aromatic heterocycles. The molecular formula is C16H22N2O. The standard InChI is InChI=1S/C16H22N2O/c1-4-16-14(8-9-19-16)15(17-5-2)10-13-7-6-12(3)11-18-13/h6-9,11,15,17H,4-5,10H2,1-3H3. The average Bonchev–Trinajstić information content (AvgIpc) is 2.89. The van der Waals surface area contributed by atoms with Crippen molar-refractivity contribution in [2.24, 2.45) is 0 Å². The van der Waals surface area contributed by atoms with E-state index in [0.717, 1.165) is 30.8 Å². The molecule has 2 rings (SSSR count). The van der Waals surface area contributed by atoms with E-state index in [4.69, 9.17) is 4.42 Å². The predicted molar refractivity (Wildman–Crippen MR) is 77.2 cm³/mol. The highest BCUT2D eigenvalue weighted by molar-refractivity contribution is 5.24. The molecule has 1 atom stereocenters. The maximum absolute atomic E-state index is 5.54. The van der Waals surface area contributed by atoms with Gasteiger partial charge in [-0.1, -0.05) is 19.9 Å². The summed E-state index contributed by atoms with van der Waals surface area (Å²) in [5.41, 5.74) is 3.56. The highest BCUT2D eigenvalue weighted by Gasteiger charge is 2.17. The number of hydrogen-bond acceptors (Lipinski definition) is 3. The van der Waals surface area contributed by atoms with E-state index in [0.29, 0.717) is 0 Å². The Labute approximate surface area is 115 Å². The zero-order valence-electron chi connectivity index (χ0n) is 11.9. The van der Waals surface area contributed by atoms with E-state index < -0.39 is 0 Å². The Morgan fingerprint density at radius 3 is 2.74 bits per heavy atom. The SMILES string of the molecule is CCNC(Cc1ccc(C)cn1)c1ccoc1CC. The van der Waals surface area contributed by atoms with Crippen molar-refractivity contribution in [3.8, 4) is 0 Å². The van der Waals surface area contributed by atoms with Gasteiger partial charge in [0.05, 0.1) is 6.26 Å². The summed E-state index contributed by atoms with van der Waals surface area (Å²) < 4.78 is 5.54. The Bertz CT molecular complexity index is 502. The van der Waals surface area contributed by atoms with Crippen LogP contribution >= 0.6 is 0 Å². The Balaban J connectivity index is 2.18. The van der Waals surface area contributed by atoms with E-state index in [1.807, 2.05) is 6.20 Å². The molecular weight excluding hydrogens is 236 g/mol. The third kappa shape index (κ3) is 3.44. The summed E-state index contributed by atoms with van der Waals surface area (Å²) in [6, 6.07) is 6.56. The number of nitrogens with zero attached hydrogens (tertiary/aromatic N) is 1. The molecule has 3 heteroatoms. The fourth-order valence-electron chi connectivity index (χ4n) is 2.32. The normalized spacial score (nSPS) is 12.6. The van der Waals surface area contributed by atoms with E-state index in [1.165, 1.54) is 11.1 Å². The maximum Gasteiger partial charge on any atom is 0.108 e. The second-order valence-electron chi connectivity index (χ2n) is 4.79. The van der Waals surface area contributed by atoms with Gasteiger partial charge in [0.2, 0.25) is 0 Å². The van der Waals surface area contributed by atoms with Crippen LogP contribution in [0.2, 0.25) is 0 Å². The molecule has 0 aromatic carbocycles. The first kappa shape index (κ1) is 13.8. The number of hydrogen-bond donors (Lipinski definition) is 1. The quantitative estimate of drug-likeness (QED) is 0.862. The van der Waals surface area contributed by atoms with Gasteiger partial charge in [0.1, 0.15) is 5.76 Å². The summed E-state index contributed by atoms with van der Waals surface area (Å²) in [7, 11) is 0. The van der Waals surface area contributed by atoms with Gasteiger partial charge in [-0.25, -0.2) is 0 Å². The molecule has 0 aliphatic carbocycles. The van der Waals surface area contributed by atoms with E-state index in [9.17, 15) is 0 Å². The molecule has 19 heavy (non-hydrogen) atoms.